The predicted molar refractivity (Wildman–Crippen MR) is 130 cm³/mol. The third-order valence-corrected chi connectivity index (χ3v) is 5.71. The van der Waals surface area contributed by atoms with E-state index in [9.17, 15) is 4.79 Å². The first-order valence-corrected chi connectivity index (χ1v) is 10.8. The summed E-state index contributed by atoms with van der Waals surface area (Å²) in [7, 11) is 3.19. The van der Waals surface area contributed by atoms with Gasteiger partial charge in [0.1, 0.15) is 0 Å². The van der Waals surface area contributed by atoms with Crippen LogP contribution in [0.1, 0.15) is 23.6 Å². The highest BCUT2D eigenvalue weighted by molar-refractivity contribution is 6.30. The Hall–Kier alpha value is -3.50. The van der Waals surface area contributed by atoms with Crippen molar-refractivity contribution in [2.75, 3.05) is 19.1 Å². The van der Waals surface area contributed by atoms with Crippen LogP contribution in [0.15, 0.2) is 78.4 Å². The molecule has 162 valence electrons. The first kappa shape index (κ1) is 21.7. The van der Waals surface area contributed by atoms with E-state index in [1.807, 2.05) is 66.7 Å². The quantitative estimate of drug-likeness (QED) is 0.412. The van der Waals surface area contributed by atoms with Crippen LogP contribution >= 0.6 is 11.6 Å². The van der Waals surface area contributed by atoms with Crippen molar-refractivity contribution in [1.82, 2.24) is 0 Å². The molecule has 3 aromatic carbocycles. The summed E-state index contributed by atoms with van der Waals surface area (Å²) in [6, 6.07) is 21.2. The molecule has 0 saturated heterocycles. The van der Waals surface area contributed by atoms with Gasteiger partial charge in [-0.25, -0.2) is 0 Å². The smallest absolute Gasteiger partial charge is 0.262 e. The van der Waals surface area contributed by atoms with Crippen LogP contribution < -0.4 is 14.4 Å². The second kappa shape index (κ2) is 9.33. The highest BCUT2D eigenvalue weighted by Gasteiger charge is 2.30. The van der Waals surface area contributed by atoms with Gasteiger partial charge in [0.05, 0.1) is 19.9 Å². The first-order chi connectivity index (χ1) is 15.5. The average Bonchev–Trinajstić information content (AvgIpc) is 3.15. The van der Waals surface area contributed by atoms with E-state index >= 15 is 0 Å². The average molecular weight is 446 g/mol. The van der Waals surface area contributed by atoms with Gasteiger partial charge in [0.15, 0.2) is 11.5 Å². The summed E-state index contributed by atoms with van der Waals surface area (Å²) in [5.41, 5.74) is 5.20. The lowest BCUT2D eigenvalue weighted by Crippen LogP contribution is -2.24. The largest absolute Gasteiger partial charge is 0.493 e. The number of methoxy groups -OCH3 is 2. The molecule has 4 nitrogen and oxygen atoms in total. The van der Waals surface area contributed by atoms with E-state index < -0.39 is 0 Å². The molecular weight excluding hydrogens is 422 g/mol. The Morgan fingerprint density at radius 3 is 2.22 bits per heavy atom. The molecule has 0 atom stereocenters. The van der Waals surface area contributed by atoms with Crippen LogP contribution in [0.2, 0.25) is 5.02 Å². The van der Waals surface area contributed by atoms with E-state index in [0.717, 1.165) is 28.9 Å². The number of hydrogen-bond donors (Lipinski definition) is 0. The van der Waals surface area contributed by atoms with Crippen LogP contribution in [0, 0.1) is 0 Å². The van der Waals surface area contributed by atoms with Gasteiger partial charge >= 0.3 is 0 Å². The lowest BCUT2D eigenvalue weighted by Gasteiger charge is -2.21. The molecule has 0 aromatic heterocycles. The molecule has 0 saturated carbocycles. The predicted octanol–water partition coefficient (Wildman–Crippen LogP) is 6.39. The fourth-order valence-electron chi connectivity index (χ4n) is 3.71. The number of carbonyl (C=O) groups is 1. The number of rotatable bonds is 6. The summed E-state index contributed by atoms with van der Waals surface area (Å²) in [4.78, 5) is 15.3. The summed E-state index contributed by atoms with van der Waals surface area (Å²) in [5.74, 6) is 1.16. The first-order valence-electron chi connectivity index (χ1n) is 10.4. The minimum absolute atomic E-state index is 0.0889. The Morgan fingerprint density at radius 2 is 1.59 bits per heavy atom. The van der Waals surface area contributed by atoms with Crippen molar-refractivity contribution in [3.05, 3.63) is 100 Å². The number of halogens is 1. The number of carbonyl (C=O) groups excluding carboxylic acids is 1. The van der Waals surface area contributed by atoms with Crippen molar-refractivity contribution in [3.63, 3.8) is 0 Å². The number of amides is 1. The molecule has 0 unspecified atom stereocenters. The van der Waals surface area contributed by atoms with Crippen LogP contribution in [-0.4, -0.2) is 20.1 Å². The van der Waals surface area contributed by atoms with E-state index in [1.54, 1.807) is 19.1 Å². The molecule has 0 N–H and O–H groups in total. The molecule has 0 spiro atoms. The normalized spacial score (nSPS) is 14.6. The summed E-state index contributed by atoms with van der Waals surface area (Å²) in [6.07, 6.45) is 4.72. The molecular formula is C27H24ClNO3. The third kappa shape index (κ3) is 4.27. The van der Waals surface area contributed by atoms with Gasteiger partial charge in [0.2, 0.25) is 0 Å². The maximum Gasteiger partial charge on any atom is 0.262 e. The molecule has 0 bridgehead atoms. The molecule has 1 heterocycles. The number of benzene rings is 3. The van der Waals surface area contributed by atoms with E-state index in [1.165, 1.54) is 5.56 Å². The molecule has 3 aromatic rings. The Morgan fingerprint density at radius 1 is 0.906 bits per heavy atom. The molecule has 0 aliphatic carbocycles. The summed E-state index contributed by atoms with van der Waals surface area (Å²) >= 11 is 6.09. The molecule has 32 heavy (non-hydrogen) atoms. The van der Waals surface area contributed by atoms with Crippen LogP contribution in [0.4, 0.5) is 5.69 Å². The highest BCUT2D eigenvalue weighted by Crippen LogP contribution is 2.36. The summed E-state index contributed by atoms with van der Waals surface area (Å²) in [6.45, 7) is 2.11. The molecule has 1 amide bonds. The van der Waals surface area contributed by atoms with Gasteiger partial charge < -0.3 is 9.47 Å². The topological polar surface area (TPSA) is 38.8 Å². The van der Waals surface area contributed by atoms with Crippen molar-refractivity contribution in [2.45, 2.75) is 13.3 Å². The molecule has 0 radical (unpaired) electrons. The molecule has 4 rings (SSSR count). The summed E-state index contributed by atoms with van der Waals surface area (Å²) in [5, 5.41) is 0.651. The zero-order valence-electron chi connectivity index (χ0n) is 18.3. The number of nitrogens with zero attached hydrogens (tertiary/aromatic N) is 1. The van der Waals surface area contributed by atoms with Crippen LogP contribution in [-0.2, 0) is 11.2 Å². The van der Waals surface area contributed by atoms with Crippen molar-refractivity contribution in [1.29, 1.82) is 0 Å². The molecule has 5 heteroatoms. The van der Waals surface area contributed by atoms with E-state index in [-0.39, 0.29) is 5.91 Å². The van der Waals surface area contributed by atoms with Crippen LogP contribution in [0.3, 0.4) is 0 Å². The molecule has 1 aliphatic heterocycles. The van der Waals surface area contributed by atoms with Crippen molar-refractivity contribution >= 4 is 35.0 Å². The number of aryl methyl sites for hydroxylation is 1. The Bertz CT molecular complexity index is 1190. The minimum Gasteiger partial charge on any atom is -0.493 e. The van der Waals surface area contributed by atoms with E-state index in [4.69, 9.17) is 21.1 Å². The number of ether oxygens (including phenoxy) is 2. The molecule has 1 aliphatic rings. The number of anilines is 1. The van der Waals surface area contributed by atoms with Gasteiger partial charge in [-0.2, -0.15) is 0 Å². The highest BCUT2D eigenvalue weighted by atomic mass is 35.5. The van der Waals surface area contributed by atoms with Gasteiger partial charge in [0.25, 0.3) is 5.91 Å². The minimum atomic E-state index is -0.0889. The lowest BCUT2D eigenvalue weighted by atomic mass is 10.1. The van der Waals surface area contributed by atoms with Gasteiger partial charge in [-0.3, -0.25) is 9.69 Å². The Labute approximate surface area is 193 Å². The fraction of sp³-hybridized carbons (Fsp3) is 0.148. The van der Waals surface area contributed by atoms with Crippen LogP contribution in [0.5, 0.6) is 11.5 Å². The van der Waals surface area contributed by atoms with Gasteiger partial charge in [-0.15, -0.1) is 0 Å². The maximum absolute atomic E-state index is 13.5. The van der Waals surface area contributed by atoms with Crippen LogP contribution in [0.25, 0.3) is 11.8 Å². The SMILES string of the molecule is CCc1ccc(N2C(=O)/C(=C/c3ccc(OC)c(OC)c3)C=C2c2ccc(Cl)cc2)cc1. The fourth-order valence-corrected chi connectivity index (χ4v) is 3.83. The number of hydrogen-bond acceptors (Lipinski definition) is 3. The zero-order valence-corrected chi connectivity index (χ0v) is 19.0. The van der Waals surface area contributed by atoms with E-state index in [2.05, 4.69) is 19.1 Å². The van der Waals surface area contributed by atoms with Crippen molar-refractivity contribution in [3.8, 4) is 11.5 Å². The Balaban J connectivity index is 1.79. The van der Waals surface area contributed by atoms with Crippen molar-refractivity contribution in [2.24, 2.45) is 0 Å². The lowest BCUT2D eigenvalue weighted by molar-refractivity contribution is -0.113. The molecule has 0 fully saturated rings. The van der Waals surface area contributed by atoms with E-state index in [0.29, 0.717) is 22.1 Å². The van der Waals surface area contributed by atoms with Gasteiger partial charge in [0, 0.05) is 16.3 Å². The second-order valence-electron chi connectivity index (χ2n) is 7.41. The Kier molecular flexibility index (Phi) is 6.33. The second-order valence-corrected chi connectivity index (χ2v) is 7.85. The third-order valence-electron chi connectivity index (χ3n) is 5.46. The van der Waals surface area contributed by atoms with Gasteiger partial charge in [-0.05, 0) is 71.7 Å². The summed E-state index contributed by atoms with van der Waals surface area (Å²) < 4.78 is 10.7. The zero-order chi connectivity index (χ0) is 22.7. The standard InChI is InChI=1S/C27H24ClNO3/c1-4-18-5-12-23(13-6-18)29-24(20-8-10-22(28)11-9-20)17-21(27(29)30)15-19-7-14-25(31-2)26(16-19)32-3/h5-17H,4H2,1-3H3/b21-15+. The monoisotopic (exact) mass is 445 g/mol. The van der Waals surface area contributed by atoms with Gasteiger partial charge in [-0.1, -0.05) is 48.9 Å². The maximum atomic E-state index is 13.5. The van der Waals surface area contributed by atoms with Crippen molar-refractivity contribution < 1.29 is 14.3 Å².